The standard InChI is InChI=1S/C28H30N2O/c1-6-30-26-16-11-22(17-25(26)21(3)18-28(30,4)5)19-29-23-12-14-24(15-13-23)31-27-10-8-7-9-20(27)2/h7-19H,6H2,1-5H3. The topological polar surface area (TPSA) is 24.8 Å². The van der Waals surface area contributed by atoms with E-state index in [9.17, 15) is 0 Å². The number of likely N-dealkylation sites (N-methyl/N-ethyl adjacent to an activating group) is 1. The average Bonchev–Trinajstić information content (AvgIpc) is 2.75. The number of ether oxygens (including phenoxy) is 1. The normalized spacial score (nSPS) is 15.0. The smallest absolute Gasteiger partial charge is 0.130 e. The van der Waals surface area contributed by atoms with E-state index >= 15 is 0 Å². The number of aryl methyl sites for hydroxylation is 1. The molecule has 31 heavy (non-hydrogen) atoms. The molecule has 0 amide bonds. The minimum absolute atomic E-state index is 0.0313. The summed E-state index contributed by atoms with van der Waals surface area (Å²) < 4.78 is 5.98. The summed E-state index contributed by atoms with van der Waals surface area (Å²) in [7, 11) is 0. The molecule has 0 radical (unpaired) electrons. The summed E-state index contributed by atoms with van der Waals surface area (Å²) in [6, 6.07) is 22.5. The molecule has 0 bridgehead atoms. The summed E-state index contributed by atoms with van der Waals surface area (Å²) in [6.07, 6.45) is 4.29. The van der Waals surface area contributed by atoms with Gasteiger partial charge in [0.1, 0.15) is 11.5 Å². The fraction of sp³-hybridized carbons (Fsp3) is 0.250. The molecule has 3 nitrogen and oxygen atoms in total. The molecule has 0 saturated carbocycles. The summed E-state index contributed by atoms with van der Waals surface area (Å²) in [6.45, 7) is 12.0. The maximum absolute atomic E-state index is 5.98. The second kappa shape index (κ2) is 8.43. The Bertz CT molecular complexity index is 1140. The fourth-order valence-electron chi connectivity index (χ4n) is 4.31. The zero-order valence-electron chi connectivity index (χ0n) is 19.0. The van der Waals surface area contributed by atoms with Crippen molar-refractivity contribution in [1.82, 2.24) is 0 Å². The Labute approximate surface area is 185 Å². The van der Waals surface area contributed by atoms with Crippen molar-refractivity contribution in [3.05, 3.63) is 89.5 Å². The SMILES string of the molecule is CCN1c2ccc(C=Nc3ccc(Oc4ccccc4C)cc3)cc2C(C)=CC1(C)C. The van der Waals surface area contributed by atoms with Crippen LogP contribution in [-0.4, -0.2) is 18.3 Å². The van der Waals surface area contributed by atoms with Crippen molar-refractivity contribution >= 4 is 23.2 Å². The molecule has 1 aliphatic heterocycles. The molecule has 0 spiro atoms. The summed E-state index contributed by atoms with van der Waals surface area (Å²) in [5.41, 5.74) is 7.04. The van der Waals surface area contributed by atoms with Crippen molar-refractivity contribution in [2.75, 3.05) is 11.4 Å². The summed E-state index contributed by atoms with van der Waals surface area (Å²) >= 11 is 0. The number of rotatable bonds is 5. The van der Waals surface area contributed by atoms with Crippen LogP contribution < -0.4 is 9.64 Å². The molecule has 0 fully saturated rings. The van der Waals surface area contributed by atoms with E-state index in [0.717, 1.165) is 34.9 Å². The molecule has 3 heteroatoms. The number of anilines is 1. The van der Waals surface area contributed by atoms with E-state index in [0.29, 0.717) is 0 Å². The Morgan fingerprint density at radius 2 is 1.71 bits per heavy atom. The van der Waals surface area contributed by atoms with E-state index in [1.807, 2.05) is 61.7 Å². The molecular weight excluding hydrogens is 380 g/mol. The number of hydrogen-bond donors (Lipinski definition) is 0. The highest BCUT2D eigenvalue weighted by molar-refractivity contribution is 5.88. The highest BCUT2D eigenvalue weighted by Gasteiger charge is 2.29. The van der Waals surface area contributed by atoms with Crippen molar-refractivity contribution in [3.8, 4) is 11.5 Å². The fourth-order valence-corrected chi connectivity index (χ4v) is 4.31. The number of nitrogens with zero attached hydrogens (tertiary/aromatic N) is 2. The maximum Gasteiger partial charge on any atom is 0.130 e. The van der Waals surface area contributed by atoms with Gasteiger partial charge in [-0.15, -0.1) is 0 Å². The average molecular weight is 411 g/mol. The number of para-hydroxylation sites is 1. The van der Waals surface area contributed by atoms with E-state index < -0.39 is 0 Å². The van der Waals surface area contributed by atoms with Crippen LogP contribution in [0.4, 0.5) is 11.4 Å². The Hall–Kier alpha value is -3.33. The van der Waals surface area contributed by atoms with Crippen molar-refractivity contribution < 1.29 is 4.74 Å². The van der Waals surface area contributed by atoms with Crippen molar-refractivity contribution in [2.45, 2.75) is 40.2 Å². The summed E-state index contributed by atoms with van der Waals surface area (Å²) in [5.74, 6) is 1.69. The van der Waals surface area contributed by atoms with Crippen LogP contribution in [0.2, 0.25) is 0 Å². The first-order chi connectivity index (χ1) is 14.9. The van der Waals surface area contributed by atoms with E-state index in [-0.39, 0.29) is 5.54 Å². The third-order valence-corrected chi connectivity index (χ3v) is 5.84. The largest absolute Gasteiger partial charge is 0.457 e. The lowest BCUT2D eigenvalue weighted by molar-refractivity contribution is 0.479. The molecule has 0 saturated heterocycles. The third kappa shape index (κ3) is 4.41. The highest BCUT2D eigenvalue weighted by Crippen LogP contribution is 2.39. The molecule has 0 atom stereocenters. The predicted molar refractivity (Wildman–Crippen MR) is 132 cm³/mol. The lowest BCUT2D eigenvalue weighted by atomic mass is 9.88. The molecule has 1 heterocycles. The minimum Gasteiger partial charge on any atom is -0.457 e. The van der Waals surface area contributed by atoms with Gasteiger partial charge >= 0.3 is 0 Å². The van der Waals surface area contributed by atoms with Crippen LogP contribution in [0.15, 0.2) is 77.8 Å². The van der Waals surface area contributed by atoms with Gasteiger partial charge in [-0.1, -0.05) is 30.3 Å². The molecule has 1 aliphatic rings. The zero-order chi connectivity index (χ0) is 22.0. The first-order valence-corrected chi connectivity index (χ1v) is 10.9. The minimum atomic E-state index is 0.0313. The molecule has 0 aliphatic carbocycles. The number of allylic oxidation sites excluding steroid dienone is 1. The van der Waals surface area contributed by atoms with E-state index in [2.05, 4.69) is 61.9 Å². The van der Waals surface area contributed by atoms with Crippen LogP contribution in [0.1, 0.15) is 44.4 Å². The van der Waals surface area contributed by atoms with E-state index in [1.54, 1.807) is 0 Å². The van der Waals surface area contributed by atoms with E-state index in [1.165, 1.54) is 16.8 Å². The second-order valence-electron chi connectivity index (χ2n) is 8.62. The first-order valence-electron chi connectivity index (χ1n) is 10.9. The van der Waals surface area contributed by atoms with Crippen molar-refractivity contribution in [3.63, 3.8) is 0 Å². The lowest BCUT2D eigenvalue weighted by Crippen LogP contribution is -2.44. The van der Waals surface area contributed by atoms with Crippen molar-refractivity contribution in [2.24, 2.45) is 4.99 Å². The second-order valence-corrected chi connectivity index (χ2v) is 8.62. The molecule has 0 unspecified atom stereocenters. The Morgan fingerprint density at radius 3 is 2.42 bits per heavy atom. The van der Waals surface area contributed by atoms with Gasteiger partial charge in [-0.25, -0.2) is 0 Å². The van der Waals surface area contributed by atoms with Gasteiger partial charge in [0.25, 0.3) is 0 Å². The first kappa shape index (κ1) is 20.9. The van der Waals surface area contributed by atoms with Crippen LogP contribution in [0.5, 0.6) is 11.5 Å². The lowest BCUT2D eigenvalue weighted by Gasteiger charge is -2.42. The third-order valence-electron chi connectivity index (χ3n) is 5.84. The number of hydrogen-bond acceptors (Lipinski definition) is 3. The molecule has 3 aromatic rings. The molecule has 158 valence electrons. The van der Waals surface area contributed by atoms with E-state index in [4.69, 9.17) is 4.74 Å². The van der Waals surface area contributed by atoms with Gasteiger partial charge in [-0.3, -0.25) is 4.99 Å². The highest BCUT2D eigenvalue weighted by atomic mass is 16.5. The van der Waals surface area contributed by atoms with Crippen LogP contribution in [0.3, 0.4) is 0 Å². The zero-order valence-corrected chi connectivity index (χ0v) is 19.0. The molecule has 0 aromatic heterocycles. The number of fused-ring (bicyclic) bond motifs is 1. The molecular formula is C28H30N2O. The van der Waals surface area contributed by atoms with Crippen LogP contribution >= 0.6 is 0 Å². The van der Waals surface area contributed by atoms with Crippen LogP contribution in [0.25, 0.3) is 5.57 Å². The Kier molecular flexibility index (Phi) is 5.69. The summed E-state index contributed by atoms with van der Waals surface area (Å²) in [4.78, 5) is 7.12. The summed E-state index contributed by atoms with van der Waals surface area (Å²) in [5, 5.41) is 0. The van der Waals surface area contributed by atoms with Crippen molar-refractivity contribution in [1.29, 1.82) is 0 Å². The quantitative estimate of drug-likeness (QED) is 0.405. The van der Waals surface area contributed by atoms with Gasteiger partial charge in [0, 0.05) is 24.0 Å². The van der Waals surface area contributed by atoms with Gasteiger partial charge in [0.2, 0.25) is 0 Å². The van der Waals surface area contributed by atoms with Gasteiger partial charge in [0.15, 0.2) is 0 Å². The maximum atomic E-state index is 5.98. The van der Waals surface area contributed by atoms with Gasteiger partial charge in [-0.05, 0) is 93.8 Å². The van der Waals surface area contributed by atoms with Gasteiger partial charge in [0.05, 0.1) is 11.2 Å². The van der Waals surface area contributed by atoms with Gasteiger partial charge < -0.3 is 9.64 Å². The molecule has 0 N–H and O–H groups in total. The number of aliphatic imine (C=N–C) groups is 1. The van der Waals surface area contributed by atoms with Crippen LogP contribution in [0, 0.1) is 6.92 Å². The van der Waals surface area contributed by atoms with Gasteiger partial charge in [-0.2, -0.15) is 0 Å². The monoisotopic (exact) mass is 410 g/mol. The Morgan fingerprint density at radius 1 is 0.968 bits per heavy atom. The predicted octanol–water partition coefficient (Wildman–Crippen LogP) is 7.56. The molecule has 4 rings (SSSR count). The number of benzene rings is 3. The Balaban J connectivity index is 1.52. The van der Waals surface area contributed by atoms with Crippen LogP contribution in [-0.2, 0) is 0 Å². The molecule has 3 aromatic carbocycles.